The highest BCUT2D eigenvalue weighted by Gasteiger charge is 1.99. The standard InChI is InChI=1S/C14H18O6/c1-11(15)17-7-9-19-13-3-5-14(6-4-13)20-10-8-18-12(2)16/h3-6H,7-10H2,1-2H3. The minimum absolute atomic E-state index is 0.218. The van der Waals surface area contributed by atoms with E-state index in [0.717, 1.165) is 0 Å². The molecular formula is C14H18O6. The maximum atomic E-state index is 10.5. The van der Waals surface area contributed by atoms with Crippen molar-refractivity contribution in [1.29, 1.82) is 0 Å². The van der Waals surface area contributed by atoms with Gasteiger partial charge in [0.15, 0.2) is 0 Å². The largest absolute Gasteiger partial charge is 0.490 e. The lowest BCUT2D eigenvalue weighted by Gasteiger charge is -2.08. The summed E-state index contributed by atoms with van der Waals surface area (Å²) in [4.78, 5) is 21.1. The summed E-state index contributed by atoms with van der Waals surface area (Å²) in [5, 5.41) is 0. The topological polar surface area (TPSA) is 71.1 Å². The Kier molecular flexibility index (Phi) is 6.95. The monoisotopic (exact) mass is 282 g/mol. The average Bonchev–Trinajstić information content (AvgIpc) is 2.41. The molecule has 20 heavy (non-hydrogen) atoms. The number of hydrogen-bond donors (Lipinski definition) is 0. The van der Waals surface area contributed by atoms with Crippen LogP contribution in [0.4, 0.5) is 0 Å². The quantitative estimate of drug-likeness (QED) is 0.532. The molecule has 6 heteroatoms. The molecule has 1 aromatic carbocycles. The van der Waals surface area contributed by atoms with Crippen LogP contribution < -0.4 is 9.47 Å². The first-order valence-electron chi connectivity index (χ1n) is 6.20. The zero-order valence-corrected chi connectivity index (χ0v) is 11.6. The van der Waals surface area contributed by atoms with Crippen molar-refractivity contribution in [2.24, 2.45) is 0 Å². The molecule has 0 unspecified atom stereocenters. The third-order valence-electron chi connectivity index (χ3n) is 2.14. The molecule has 1 aromatic rings. The third kappa shape index (κ3) is 7.25. The van der Waals surface area contributed by atoms with E-state index < -0.39 is 0 Å². The number of carbonyl (C=O) groups excluding carboxylic acids is 2. The number of ether oxygens (including phenoxy) is 4. The zero-order chi connectivity index (χ0) is 14.8. The van der Waals surface area contributed by atoms with Crippen LogP contribution in [0.3, 0.4) is 0 Å². The fourth-order valence-corrected chi connectivity index (χ4v) is 1.32. The van der Waals surface area contributed by atoms with Gasteiger partial charge in [-0.15, -0.1) is 0 Å². The second kappa shape index (κ2) is 8.79. The Morgan fingerprint density at radius 3 is 1.40 bits per heavy atom. The van der Waals surface area contributed by atoms with Crippen molar-refractivity contribution in [3.05, 3.63) is 24.3 Å². The SMILES string of the molecule is CC(=O)OCCOc1ccc(OCCOC(C)=O)cc1. The van der Waals surface area contributed by atoms with Crippen LogP contribution in [0.5, 0.6) is 11.5 Å². The summed E-state index contributed by atoms with van der Waals surface area (Å²) in [7, 11) is 0. The van der Waals surface area contributed by atoms with E-state index in [1.807, 2.05) is 0 Å². The number of esters is 2. The molecule has 0 radical (unpaired) electrons. The Balaban J connectivity index is 2.22. The van der Waals surface area contributed by atoms with Crippen molar-refractivity contribution in [3.63, 3.8) is 0 Å². The molecule has 0 aliphatic heterocycles. The van der Waals surface area contributed by atoms with Crippen LogP contribution in [-0.2, 0) is 19.1 Å². The van der Waals surface area contributed by atoms with E-state index in [2.05, 4.69) is 0 Å². The summed E-state index contributed by atoms with van der Waals surface area (Å²) >= 11 is 0. The third-order valence-corrected chi connectivity index (χ3v) is 2.14. The first kappa shape index (κ1) is 15.8. The van der Waals surface area contributed by atoms with Gasteiger partial charge in [-0.1, -0.05) is 0 Å². The first-order chi connectivity index (χ1) is 9.58. The molecule has 1 rings (SSSR count). The summed E-state index contributed by atoms with van der Waals surface area (Å²) in [6.07, 6.45) is 0. The zero-order valence-electron chi connectivity index (χ0n) is 11.6. The van der Waals surface area contributed by atoms with Crippen molar-refractivity contribution >= 4 is 11.9 Å². The predicted molar refractivity (Wildman–Crippen MR) is 70.7 cm³/mol. The van der Waals surface area contributed by atoms with Gasteiger partial charge in [-0.25, -0.2) is 0 Å². The van der Waals surface area contributed by atoms with Crippen molar-refractivity contribution in [2.45, 2.75) is 13.8 Å². The fourth-order valence-electron chi connectivity index (χ4n) is 1.32. The molecule has 0 fully saturated rings. The summed E-state index contributed by atoms with van der Waals surface area (Å²) in [6, 6.07) is 6.98. The lowest BCUT2D eigenvalue weighted by molar-refractivity contribution is -0.142. The van der Waals surface area contributed by atoms with E-state index in [1.54, 1.807) is 24.3 Å². The second-order valence-electron chi connectivity index (χ2n) is 3.85. The van der Waals surface area contributed by atoms with Gasteiger partial charge in [0.05, 0.1) is 0 Å². The molecule has 6 nitrogen and oxygen atoms in total. The van der Waals surface area contributed by atoms with Gasteiger partial charge in [-0.3, -0.25) is 9.59 Å². The van der Waals surface area contributed by atoms with Crippen LogP contribution in [0.25, 0.3) is 0 Å². The summed E-state index contributed by atoms with van der Waals surface area (Å²) < 4.78 is 20.2. The Bertz CT molecular complexity index is 385. The molecule has 0 amide bonds. The first-order valence-corrected chi connectivity index (χ1v) is 6.20. The van der Waals surface area contributed by atoms with Crippen LogP contribution in [0.1, 0.15) is 13.8 Å². The molecule has 0 aliphatic carbocycles. The summed E-state index contributed by atoms with van der Waals surface area (Å²) in [5.41, 5.74) is 0. The lowest BCUT2D eigenvalue weighted by Crippen LogP contribution is -2.10. The van der Waals surface area contributed by atoms with Crippen molar-refractivity contribution in [2.75, 3.05) is 26.4 Å². The van der Waals surface area contributed by atoms with Gasteiger partial charge in [-0.05, 0) is 24.3 Å². The molecule has 0 saturated carbocycles. The number of hydrogen-bond acceptors (Lipinski definition) is 6. The maximum absolute atomic E-state index is 10.5. The highest BCUT2D eigenvalue weighted by Crippen LogP contribution is 2.17. The van der Waals surface area contributed by atoms with Gasteiger partial charge in [0.1, 0.15) is 37.9 Å². The molecule has 0 spiro atoms. The van der Waals surface area contributed by atoms with Crippen molar-refractivity contribution in [1.82, 2.24) is 0 Å². The predicted octanol–water partition coefficient (Wildman–Crippen LogP) is 1.57. The Morgan fingerprint density at radius 1 is 0.750 bits per heavy atom. The number of rotatable bonds is 8. The van der Waals surface area contributed by atoms with Crippen molar-refractivity contribution in [3.8, 4) is 11.5 Å². The van der Waals surface area contributed by atoms with Gasteiger partial charge in [0.25, 0.3) is 0 Å². The second-order valence-corrected chi connectivity index (χ2v) is 3.85. The van der Waals surface area contributed by atoms with E-state index in [1.165, 1.54) is 13.8 Å². The fraction of sp³-hybridized carbons (Fsp3) is 0.429. The van der Waals surface area contributed by atoms with Gasteiger partial charge in [0.2, 0.25) is 0 Å². The minimum Gasteiger partial charge on any atom is -0.490 e. The van der Waals surface area contributed by atoms with E-state index in [-0.39, 0.29) is 25.2 Å². The summed E-state index contributed by atoms with van der Waals surface area (Å²) in [6.45, 7) is 3.73. The smallest absolute Gasteiger partial charge is 0.302 e. The highest BCUT2D eigenvalue weighted by molar-refractivity contribution is 5.66. The molecule has 0 N–H and O–H groups in total. The van der Waals surface area contributed by atoms with Gasteiger partial charge in [0, 0.05) is 13.8 Å². The van der Waals surface area contributed by atoms with Gasteiger partial charge in [-0.2, -0.15) is 0 Å². The van der Waals surface area contributed by atoms with Crippen LogP contribution in [-0.4, -0.2) is 38.4 Å². The van der Waals surface area contributed by atoms with E-state index in [4.69, 9.17) is 18.9 Å². The molecule has 0 aromatic heterocycles. The van der Waals surface area contributed by atoms with Gasteiger partial charge < -0.3 is 18.9 Å². The van der Waals surface area contributed by atoms with Gasteiger partial charge >= 0.3 is 11.9 Å². The molecule has 0 aliphatic rings. The van der Waals surface area contributed by atoms with Crippen LogP contribution in [0, 0.1) is 0 Å². The van der Waals surface area contributed by atoms with E-state index in [9.17, 15) is 9.59 Å². The normalized spacial score (nSPS) is 9.70. The number of benzene rings is 1. The van der Waals surface area contributed by atoms with Crippen LogP contribution in [0.2, 0.25) is 0 Å². The number of carbonyl (C=O) groups is 2. The average molecular weight is 282 g/mol. The Morgan fingerprint density at radius 2 is 1.10 bits per heavy atom. The molecular weight excluding hydrogens is 264 g/mol. The van der Waals surface area contributed by atoms with E-state index >= 15 is 0 Å². The van der Waals surface area contributed by atoms with E-state index in [0.29, 0.717) is 24.7 Å². The van der Waals surface area contributed by atoms with Crippen molar-refractivity contribution < 1.29 is 28.5 Å². The van der Waals surface area contributed by atoms with Crippen LogP contribution in [0.15, 0.2) is 24.3 Å². The molecule has 0 atom stereocenters. The maximum Gasteiger partial charge on any atom is 0.302 e. The molecule has 0 saturated heterocycles. The Hall–Kier alpha value is -2.24. The molecule has 0 bridgehead atoms. The Labute approximate surface area is 117 Å². The molecule has 110 valence electrons. The highest BCUT2D eigenvalue weighted by atomic mass is 16.6. The minimum atomic E-state index is -0.329. The van der Waals surface area contributed by atoms with Crippen LogP contribution >= 0.6 is 0 Å². The lowest BCUT2D eigenvalue weighted by atomic mass is 10.3. The molecule has 0 heterocycles. The summed E-state index contributed by atoms with van der Waals surface area (Å²) in [5.74, 6) is 0.657.